The number of hydrogen-bond acceptors (Lipinski definition) is 5. The van der Waals surface area contributed by atoms with Gasteiger partial charge in [-0.2, -0.15) is 0 Å². The van der Waals surface area contributed by atoms with Crippen molar-refractivity contribution in [3.05, 3.63) is 28.5 Å². The van der Waals surface area contributed by atoms with Gasteiger partial charge in [0.05, 0.1) is 0 Å². The van der Waals surface area contributed by atoms with Crippen molar-refractivity contribution in [1.82, 2.24) is 15.5 Å². The molecular formula is C18H22BrFN4OS. The quantitative estimate of drug-likeness (QED) is 0.729. The Kier molecular flexibility index (Phi) is 6.58. The number of nitrogens with one attached hydrogen (secondary N) is 1. The summed E-state index contributed by atoms with van der Waals surface area (Å²) < 4.78 is 14.9. The lowest BCUT2D eigenvalue weighted by atomic mass is 9.98. The Morgan fingerprint density at radius 1 is 1.46 bits per heavy atom. The van der Waals surface area contributed by atoms with Gasteiger partial charge in [-0.3, -0.25) is 4.79 Å². The predicted molar refractivity (Wildman–Crippen MR) is 106 cm³/mol. The molecule has 1 aliphatic heterocycles. The number of amides is 1. The molecule has 1 aromatic heterocycles. The van der Waals surface area contributed by atoms with Gasteiger partial charge in [-0.15, -0.1) is 10.2 Å². The number of rotatable bonds is 6. The molecule has 2 aromatic rings. The third kappa shape index (κ3) is 4.79. The molecule has 5 nitrogen and oxygen atoms in total. The van der Waals surface area contributed by atoms with Crippen LogP contribution >= 0.6 is 27.3 Å². The van der Waals surface area contributed by atoms with E-state index in [1.54, 1.807) is 12.1 Å². The average molecular weight is 441 g/mol. The number of anilines is 1. The Balaban J connectivity index is 1.65. The minimum Gasteiger partial charge on any atom is -0.356 e. The summed E-state index contributed by atoms with van der Waals surface area (Å²) >= 11 is 4.78. The van der Waals surface area contributed by atoms with E-state index in [9.17, 15) is 9.18 Å². The van der Waals surface area contributed by atoms with E-state index in [1.165, 1.54) is 17.4 Å². The monoisotopic (exact) mass is 440 g/mol. The van der Waals surface area contributed by atoms with Crippen LogP contribution in [-0.4, -0.2) is 35.7 Å². The van der Waals surface area contributed by atoms with Gasteiger partial charge in [-0.25, -0.2) is 4.39 Å². The van der Waals surface area contributed by atoms with Crippen LogP contribution in [0, 0.1) is 11.7 Å². The molecule has 1 aliphatic rings. The van der Waals surface area contributed by atoms with Crippen molar-refractivity contribution < 1.29 is 9.18 Å². The van der Waals surface area contributed by atoms with Crippen molar-refractivity contribution in [2.45, 2.75) is 32.6 Å². The van der Waals surface area contributed by atoms with E-state index in [1.807, 2.05) is 6.92 Å². The van der Waals surface area contributed by atoms with Crippen molar-refractivity contribution in [1.29, 1.82) is 0 Å². The standard InChI is InChI=1S/C18H22BrFN4OS/c1-2-4-16(25)21-10-12-5-3-8-24(11-12)18-23-22-17(26-18)14-9-13(19)6-7-15(14)20/h6-7,9,12H,2-5,8,10-11H2,1H3,(H,21,25). The molecule has 1 atom stereocenters. The van der Waals surface area contributed by atoms with Crippen LogP contribution < -0.4 is 10.2 Å². The lowest BCUT2D eigenvalue weighted by Crippen LogP contribution is -2.41. The Morgan fingerprint density at radius 2 is 2.31 bits per heavy atom. The Hall–Kier alpha value is -1.54. The maximum atomic E-state index is 14.1. The number of hydrogen-bond donors (Lipinski definition) is 1. The van der Waals surface area contributed by atoms with Crippen LogP contribution in [0.15, 0.2) is 22.7 Å². The van der Waals surface area contributed by atoms with Crippen molar-refractivity contribution in [2.24, 2.45) is 5.92 Å². The van der Waals surface area contributed by atoms with Crippen LogP contribution in [0.5, 0.6) is 0 Å². The number of piperidine rings is 1. The number of aromatic nitrogens is 2. The van der Waals surface area contributed by atoms with Crippen LogP contribution in [-0.2, 0) is 4.79 Å². The molecule has 0 spiro atoms. The van der Waals surface area contributed by atoms with Crippen molar-refractivity contribution >= 4 is 38.3 Å². The van der Waals surface area contributed by atoms with Gasteiger partial charge >= 0.3 is 0 Å². The number of benzene rings is 1. The Labute approximate surface area is 165 Å². The van der Waals surface area contributed by atoms with E-state index in [-0.39, 0.29) is 11.7 Å². The highest BCUT2D eigenvalue weighted by Crippen LogP contribution is 2.33. The van der Waals surface area contributed by atoms with Crippen molar-refractivity contribution in [2.75, 3.05) is 24.5 Å². The third-order valence-corrected chi connectivity index (χ3v) is 5.94. The lowest BCUT2D eigenvalue weighted by Gasteiger charge is -2.32. The molecule has 2 heterocycles. The summed E-state index contributed by atoms with van der Waals surface area (Å²) in [6, 6.07) is 4.82. The fourth-order valence-electron chi connectivity index (χ4n) is 3.09. The van der Waals surface area contributed by atoms with Gasteiger partial charge in [0.1, 0.15) is 5.82 Å². The van der Waals surface area contributed by atoms with E-state index in [0.717, 1.165) is 42.0 Å². The zero-order chi connectivity index (χ0) is 18.5. The summed E-state index contributed by atoms with van der Waals surface area (Å²) in [5.74, 6) is 0.221. The first-order valence-electron chi connectivity index (χ1n) is 8.87. The first kappa shape index (κ1) is 19.2. The van der Waals surface area contributed by atoms with E-state index in [2.05, 4.69) is 36.3 Å². The predicted octanol–water partition coefficient (Wildman–Crippen LogP) is 4.24. The molecule has 1 N–H and O–H groups in total. The first-order chi connectivity index (χ1) is 12.6. The SMILES string of the molecule is CCCC(=O)NCC1CCCN(c2nnc(-c3cc(Br)ccc3F)s2)C1. The number of nitrogens with zero attached hydrogens (tertiary/aromatic N) is 3. The number of halogens is 2. The molecule has 0 bridgehead atoms. The van der Waals surface area contributed by atoms with Crippen molar-refractivity contribution in [3.8, 4) is 10.6 Å². The van der Waals surface area contributed by atoms with Crippen LogP contribution in [0.25, 0.3) is 10.6 Å². The summed E-state index contributed by atoms with van der Waals surface area (Å²) in [6.07, 6.45) is 3.58. The molecule has 1 amide bonds. The van der Waals surface area contributed by atoms with Crippen LogP contribution in [0.2, 0.25) is 0 Å². The molecule has 1 unspecified atom stereocenters. The molecule has 26 heavy (non-hydrogen) atoms. The van der Waals surface area contributed by atoms with Crippen LogP contribution in [0.3, 0.4) is 0 Å². The highest BCUT2D eigenvalue weighted by Gasteiger charge is 2.23. The fourth-order valence-corrected chi connectivity index (χ4v) is 4.35. The molecule has 1 aromatic carbocycles. The average Bonchev–Trinajstić information content (AvgIpc) is 3.12. The van der Waals surface area contributed by atoms with E-state index in [0.29, 0.717) is 29.5 Å². The maximum absolute atomic E-state index is 14.1. The normalized spacial score (nSPS) is 17.3. The van der Waals surface area contributed by atoms with Gasteiger partial charge in [0, 0.05) is 36.1 Å². The second-order valence-electron chi connectivity index (χ2n) is 6.52. The minimum atomic E-state index is -0.300. The fraction of sp³-hybridized carbons (Fsp3) is 0.500. The molecular weight excluding hydrogens is 419 g/mol. The van der Waals surface area contributed by atoms with Gasteiger partial charge in [-0.1, -0.05) is 34.2 Å². The summed E-state index contributed by atoms with van der Waals surface area (Å²) in [5, 5.41) is 12.9. The largest absolute Gasteiger partial charge is 0.356 e. The topological polar surface area (TPSA) is 58.1 Å². The number of carbonyl (C=O) groups is 1. The molecule has 3 rings (SSSR count). The highest BCUT2D eigenvalue weighted by molar-refractivity contribution is 9.10. The molecule has 8 heteroatoms. The summed E-state index contributed by atoms with van der Waals surface area (Å²) in [4.78, 5) is 13.9. The van der Waals surface area contributed by atoms with Crippen LogP contribution in [0.4, 0.5) is 9.52 Å². The summed E-state index contributed by atoms with van der Waals surface area (Å²) in [5.41, 5.74) is 0.462. The van der Waals surface area contributed by atoms with E-state index in [4.69, 9.17) is 0 Å². The highest BCUT2D eigenvalue weighted by atomic mass is 79.9. The summed E-state index contributed by atoms with van der Waals surface area (Å²) in [7, 11) is 0. The minimum absolute atomic E-state index is 0.118. The molecule has 0 radical (unpaired) electrons. The third-order valence-electron chi connectivity index (χ3n) is 4.43. The smallest absolute Gasteiger partial charge is 0.219 e. The second kappa shape index (κ2) is 8.90. The zero-order valence-corrected chi connectivity index (χ0v) is 17.1. The Morgan fingerprint density at radius 3 is 3.12 bits per heavy atom. The van der Waals surface area contributed by atoms with Gasteiger partial charge < -0.3 is 10.2 Å². The van der Waals surface area contributed by atoms with Crippen LogP contribution in [0.1, 0.15) is 32.6 Å². The van der Waals surface area contributed by atoms with Gasteiger partial charge in [0.25, 0.3) is 0 Å². The molecule has 140 valence electrons. The number of carbonyl (C=O) groups excluding carboxylic acids is 1. The Bertz CT molecular complexity index is 769. The van der Waals surface area contributed by atoms with Gasteiger partial charge in [0.2, 0.25) is 11.0 Å². The second-order valence-corrected chi connectivity index (χ2v) is 8.39. The first-order valence-corrected chi connectivity index (χ1v) is 10.5. The van der Waals surface area contributed by atoms with E-state index >= 15 is 0 Å². The molecule has 1 saturated heterocycles. The molecule has 0 aliphatic carbocycles. The lowest BCUT2D eigenvalue weighted by molar-refractivity contribution is -0.121. The van der Waals surface area contributed by atoms with Crippen molar-refractivity contribution in [3.63, 3.8) is 0 Å². The molecule has 1 fully saturated rings. The van der Waals surface area contributed by atoms with Gasteiger partial charge in [-0.05, 0) is 43.4 Å². The zero-order valence-electron chi connectivity index (χ0n) is 14.7. The molecule has 0 saturated carbocycles. The van der Waals surface area contributed by atoms with Gasteiger partial charge in [0.15, 0.2) is 5.01 Å². The summed E-state index contributed by atoms with van der Waals surface area (Å²) in [6.45, 7) is 4.45. The van der Waals surface area contributed by atoms with E-state index < -0.39 is 0 Å². The maximum Gasteiger partial charge on any atom is 0.219 e.